The molecule has 2 unspecified atom stereocenters. The summed E-state index contributed by atoms with van der Waals surface area (Å²) in [6.07, 6.45) is 1.26. The van der Waals surface area contributed by atoms with Crippen molar-refractivity contribution >= 4 is 15.9 Å². The fourth-order valence-electron chi connectivity index (χ4n) is 3.46. The van der Waals surface area contributed by atoms with E-state index in [9.17, 15) is 0 Å². The Morgan fingerprint density at radius 3 is 2.67 bits per heavy atom. The molecule has 1 aliphatic heterocycles. The van der Waals surface area contributed by atoms with E-state index >= 15 is 0 Å². The van der Waals surface area contributed by atoms with Gasteiger partial charge in [0.1, 0.15) is 0 Å². The summed E-state index contributed by atoms with van der Waals surface area (Å²) < 4.78 is 1.17. The van der Waals surface area contributed by atoms with Gasteiger partial charge in [0.2, 0.25) is 0 Å². The van der Waals surface area contributed by atoms with Crippen LogP contribution in [0.1, 0.15) is 37.4 Å². The van der Waals surface area contributed by atoms with Gasteiger partial charge < -0.3 is 5.73 Å². The van der Waals surface area contributed by atoms with E-state index in [0.29, 0.717) is 18.6 Å². The second kappa shape index (κ2) is 7.73. The molecular formula is C17H28BrN3. The Hall–Kier alpha value is -0.420. The molecule has 0 aromatic heterocycles. The topological polar surface area (TPSA) is 32.5 Å². The van der Waals surface area contributed by atoms with Gasteiger partial charge >= 0.3 is 0 Å². The monoisotopic (exact) mass is 353 g/mol. The Morgan fingerprint density at radius 1 is 1.38 bits per heavy atom. The summed E-state index contributed by atoms with van der Waals surface area (Å²) in [5, 5.41) is 0. The minimum atomic E-state index is 0.345. The van der Waals surface area contributed by atoms with E-state index in [2.05, 4.69) is 64.7 Å². The number of rotatable bonds is 6. The number of likely N-dealkylation sites (N-methyl/N-ethyl adjacent to an activating group) is 1. The van der Waals surface area contributed by atoms with Gasteiger partial charge in [-0.05, 0) is 43.6 Å². The number of likely N-dealkylation sites (tertiary alicyclic amines) is 1. The average Bonchev–Trinajstić information content (AvgIpc) is 2.94. The van der Waals surface area contributed by atoms with Crippen LogP contribution in [0.15, 0.2) is 22.7 Å². The fourth-order valence-corrected chi connectivity index (χ4v) is 3.71. The molecule has 0 radical (unpaired) electrons. The third-order valence-electron chi connectivity index (χ3n) is 4.75. The van der Waals surface area contributed by atoms with Crippen LogP contribution in [0, 0.1) is 6.92 Å². The second-order valence-electron chi connectivity index (χ2n) is 5.92. The van der Waals surface area contributed by atoms with Crippen LogP contribution in [-0.4, -0.2) is 48.6 Å². The summed E-state index contributed by atoms with van der Waals surface area (Å²) >= 11 is 3.58. The number of hydrogen-bond acceptors (Lipinski definition) is 3. The highest BCUT2D eigenvalue weighted by molar-refractivity contribution is 9.10. The summed E-state index contributed by atoms with van der Waals surface area (Å²) in [6.45, 7) is 11.9. The molecule has 3 nitrogen and oxygen atoms in total. The van der Waals surface area contributed by atoms with Crippen LogP contribution < -0.4 is 5.73 Å². The Bertz CT molecular complexity index is 459. The zero-order valence-corrected chi connectivity index (χ0v) is 15.1. The van der Waals surface area contributed by atoms with Gasteiger partial charge in [0.05, 0.1) is 0 Å². The first kappa shape index (κ1) is 16.9. The van der Waals surface area contributed by atoms with Crippen LogP contribution in [0.25, 0.3) is 0 Å². The maximum atomic E-state index is 6.09. The first-order chi connectivity index (χ1) is 10.1. The molecule has 0 spiro atoms. The lowest BCUT2D eigenvalue weighted by Gasteiger charge is -2.30. The number of hydrogen-bond donors (Lipinski definition) is 1. The molecule has 0 saturated carbocycles. The van der Waals surface area contributed by atoms with Gasteiger partial charge in [0.15, 0.2) is 0 Å². The molecule has 118 valence electrons. The second-order valence-corrected chi connectivity index (χ2v) is 6.77. The van der Waals surface area contributed by atoms with Gasteiger partial charge in [-0.15, -0.1) is 0 Å². The molecule has 2 rings (SSSR count). The molecule has 21 heavy (non-hydrogen) atoms. The summed E-state index contributed by atoms with van der Waals surface area (Å²) in [7, 11) is 0. The fraction of sp³-hybridized carbons (Fsp3) is 0.647. The summed E-state index contributed by atoms with van der Waals surface area (Å²) in [6, 6.07) is 7.65. The number of nitrogens with two attached hydrogens (primary N) is 1. The summed E-state index contributed by atoms with van der Waals surface area (Å²) in [5.74, 6) is 0. The number of nitrogens with zero attached hydrogens (tertiary/aromatic N) is 2. The van der Waals surface area contributed by atoms with E-state index in [1.165, 1.54) is 22.0 Å². The number of benzene rings is 1. The van der Waals surface area contributed by atoms with Gasteiger partial charge in [-0.2, -0.15) is 0 Å². The van der Waals surface area contributed by atoms with Crippen LogP contribution in [0.3, 0.4) is 0 Å². The van der Waals surface area contributed by atoms with Crippen molar-refractivity contribution in [2.75, 3.05) is 32.7 Å². The zero-order valence-electron chi connectivity index (χ0n) is 13.5. The van der Waals surface area contributed by atoms with Crippen molar-refractivity contribution in [1.29, 1.82) is 0 Å². The summed E-state index contributed by atoms with van der Waals surface area (Å²) in [4.78, 5) is 5.13. The van der Waals surface area contributed by atoms with Crippen molar-refractivity contribution in [3.63, 3.8) is 0 Å². The van der Waals surface area contributed by atoms with E-state index in [1.54, 1.807) is 0 Å². The molecule has 0 amide bonds. The normalized spacial score (nSPS) is 21.1. The van der Waals surface area contributed by atoms with Gasteiger partial charge in [-0.25, -0.2) is 0 Å². The molecule has 2 N–H and O–H groups in total. The van der Waals surface area contributed by atoms with Crippen LogP contribution >= 0.6 is 15.9 Å². The van der Waals surface area contributed by atoms with E-state index < -0.39 is 0 Å². The Balaban J connectivity index is 2.10. The molecule has 4 heteroatoms. The highest BCUT2D eigenvalue weighted by atomic mass is 79.9. The van der Waals surface area contributed by atoms with Crippen LogP contribution in [0.5, 0.6) is 0 Å². The van der Waals surface area contributed by atoms with E-state index in [-0.39, 0.29) is 0 Å². The molecule has 2 atom stereocenters. The van der Waals surface area contributed by atoms with E-state index in [0.717, 1.165) is 26.2 Å². The van der Waals surface area contributed by atoms with Crippen molar-refractivity contribution in [1.82, 2.24) is 9.80 Å². The maximum Gasteiger partial charge on any atom is 0.0471 e. The van der Waals surface area contributed by atoms with Crippen LogP contribution in [-0.2, 0) is 0 Å². The lowest BCUT2D eigenvalue weighted by molar-refractivity contribution is 0.189. The smallest absolute Gasteiger partial charge is 0.0471 e. The van der Waals surface area contributed by atoms with Gasteiger partial charge in [-0.1, -0.05) is 41.9 Å². The predicted molar refractivity (Wildman–Crippen MR) is 93.6 cm³/mol. The minimum absolute atomic E-state index is 0.345. The van der Waals surface area contributed by atoms with Crippen molar-refractivity contribution < 1.29 is 0 Å². The SMILES string of the molecule is CCN(CC)C1CCN(C(CN)c2ccc(Br)c(C)c2)C1. The first-order valence-corrected chi connectivity index (χ1v) is 8.84. The van der Waals surface area contributed by atoms with Crippen molar-refractivity contribution in [2.45, 2.75) is 39.3 Å². The van der Waals surface area contributed by atoms with Gasteiger partial charge in [0, 0.05) is 36.2 Å². The molecule has 1 aromatic rings. The molecule has 0 aliphatic carbocycles. The lowest BCUT2D eigenvalue weighted by Crippen LogP contribution is -2.39. The van der Waals surface area contributed by atoms with Crippen molar-refractivity contribution in [2.24, 2.45) is 5.73 Å². The van der Waals surface area contributed by atoms with Gasteiger partial charge in [0.25, 0.3) is 0 Å². The third-order valence-corrected chi connectivity index (χ3v) is 5.64. The quantitative estimate of drug-likeness (QED) is 0.852. The molecule has 1 fully saturated rings. The Morgan fingerprint density at radius 2 is 2.10 bits per heavy atom. The van der Waals surface area contributed by atoms with E-state index in [4.69, 9.17) is 5.73 Å². The molecule has 0 bridgehead atoms. The van der Waals surface area contributed by atoms with Crippen LogP contribution in [0.2, 0.25) is 0 Å². The maximum absolute atomic E-state index is 6.09. The standard InChI is InChI=1S/C17H28BrN3/c1-4-20(5-2)15-8-9-21(12-15)17(11-19)14-6-7-16(18)13(3)10-14/h6-7,10,15,17H,4-5,8-9,11-12,19H2,1-3H3. The largest absolute Gasteiger partial charge is 0.329 e. The molecule has 1 aromatic carbocycles. The first-order valence-electron chi connectivity index (χ1n) is 8.04. The number of halogens is 1. The minimum Gasteiger partial charge on any atom is -0.329 e. The van der Waals surface area contributed by atoms with Crippen LogP contribution in [0.4, 0.5) is 0 Å². The number of aryl methyl sites for hydroxylation is 1. The Labute approximate surface area is 137 Å². The predicted octanol–water partition coefficient (Wildman–Crippen LogP) is 3.17. The lowest BCUT2D eigenvalue weighted by atomic mass is 10.0. The highest BCUT2D eigenvalue weighted by Crippen LogP contribution is 2.28. The molecule has 1 saturated heterocycles. The average molecular weight is 354 g/mol. The van der Waals surface area contributed by atoms with E-state index in [1.807, 2.05) is 0 Å². The third kappa shape index (κ3) is 3.86. The molecular weight excluding hydrogens is 326 g/mol. The van der Waals surface area contributed by atoms with Crippen molar-refractivity contribution in [3.05, 3.63) is 33.8 Å². The molecule has 1 aliphatic rings. The highest BCUT2D eigenvalue weighted by Gasteiger charge is 2.30. The Kier molecular flexibility index (Phi) is 6.23. The van der Waals surface area contributed by atoms with Crippen molar-refractivity contribution in [3.8, 4) is 0 Å². The van der Waals surface area contributed by atoms with Gasteiger partial charge in [-0.3, -0.25) is 9.80 Å². The zero-order chi connectivity index (χ0) is 15.4. The molecule has 1 heterocycles. The summed E-state index contributed by atoms with van der Waals surface area (Å²) in [5.41, 5.74) is 8.72.